The molecule has 3 atom stereocenters. The van der Waals surface area contributed by atoms with Gasteiger partial charge in [0.2, 0.25) is 5.91 Å². The molecule has 20 heavy (non-hydrogen) atoms. The van der Waals surface area contributed by atoms with Crippen molar-refractivity contribution in [3.8, 4) is 0 Å². The quantitative estimate of drug-likeness (QED) is 0.682. The number of aliphatic hydroxyl groups excluding tert-OH is 1. The number of aliphatic hydroxyl groups is 1. The molecule has 1 heterocycles. The number of amides is 1. The van der Waals surface area contributed by atoms with Crippen molar-refractivity contribution < 1.29 is 14.6 Å². The highest BCUT2D eigenvalue weighted by atomic mass is 16.5. The van der Waals surface area contributed by atoms with Crippen molar-refractivity contribution in [3.63, 3.8) is 0 Å². The van der Waals surface area contributed by atoms with Gasteiger partial charge in [0.05, 0.1) is 6.10 Å². The Balaban J connectivity index is 1.65. The molecule has 2 aliphatic carbocycles. The van der Waals surface area contributed by atoms with Crippen LogP contribution in [-0.4, -0.2) is 42.4 Å². The molecule has 3 rings (SSSR count). The van der Waals surface area contributed by atoms with E-state index in [0.717, 1.165) is 25.7 Å². The van der Waals surface area contributed by atoms with Crippen LogP contribution < -0.4 is 11.1 Å². The number of nitrogens with one attached hydrogen (secondary N) is 1. The normalized spacial score (nSPS) is 39.8. The van der Waals surface area contributed by atoms with Gasteiger partial charge in [0.15, 0.2) is 0 Å². The zero-order valence-corrected chi connectivity index (χ0v) is 12.4. The number of nitrogens with two attached hydrogens (primary N) is 1. The molecule has 3 aliphatic rings. The molecule has 0 aromatic rings. The van der Waals surface area contributed by atoms with E-state index in [1.54, 1.807) is 0 Å². The van der Waals surface area contributed by atoms with Gasteiger partial charge in [-0.2, -0.15) is 0 Å². The van der Waals surface area contributed by atoms with Crippen molar-refractivity contribution in [2.45, 2.75) is 51.2 Å². The van der Waals surface area contributed by atoms with Gasteiger partial charge in [-0.1, -0.05) is 13.8 Å². The van der Waals surface area contributed by atoms with E-state index in [4.69, 9.17) is 15.6 Å². The number of carbonyl (C=O) groups excluding carboxylic acids is 1. The van der Waals surface area contributed by atoms with Crippen molar-refractivity contribution in [1.82, 2.24) is 5.32 Å². The molecule has 0 aromatic carbocycles. The number of fused-ring (bicyclic) bond motifs is 1. The average molecular weight is 282 g/mol. The fourth-order valence-corrected chi connectivity index (χ4v) is 4.19. The molecule has 1 amide bonds. The third-order valence-electron chi connectivity index (χ3n) is 6.05. The van der Waals surface area contributed by atoms with Crippen LogP contribution in [0.3, 0.4) is 0 Å². The van der Waals surface area contributed by atoms with Crippen LogP contribution in [0.4, 0.5) is 0 Å². The van der Waals surface area contributed by atoms with Crippen LogP contribution in [0.1, 0.15) is 39.5 Å². The van der Waals surface area contributed by atoms with E-state index in [9.17, 15) is 4.79 Å². The van der Waals surface area contributed by atoms with E-state index >= 15 is 0 Å². The standard InChI is InChI=1S/C15H26N2O3/c1-13(2)11-10(3-8-20-11)15(13,16)12(19)17-9-14(4-5-14)6-7-18/h10-11,18H,3-9,16H2,1-2H3,(H,17,19). The molecule has 5 nitrogen and oxygen atoms in total. The van der Waals surface area contributed by atoms with E-state index in [2.05, 4.69) is 5.32 Å². The maximum atomic E-state index is 12.6. The summed E-state index contributed by atoms with van der Waals surface area (Å²) in [6.07, 6.45) is 3.93. The Morgan fingerprint density at radius 2 is 2.15 bits per heavy atom. The van der Waals surface area contributed by atoms with Gasteiger partial charge in [0.25, 0.3) is 0 Å². The van der Waals surface area contributed by atoms with Crippen LogP contribution >= 0.6 is 0 Å². The molecular formula is C15H26N2O3. The number of carbonyl (C=O) groups is 1. The molecule has 2 saturated carbocycles. The summed E-state index contributed by atoms with van der Waals surface area (Å²) in [5.74, 6) is 0.101. The summed E-state index contributed by atoms with van der Waals surface area (Å²) >= 11 is 0. The third-order valence-corrected chi connectivity index (χ3v) is 6.05. The molecule has 1 aliphatic heterocycles. The molecule has 0 spiro atoms. The topological polar surface area (TPSA) is 84.6 Å². The monoisotopic (exact) mass is 282 g/mol. The maximum absolute atomic E-state index is 12.6. The summed E-state index contributed by atoms with van der Waals surface area (Å²) in [4.78, 5) is 12.6. The maximum Gasteiger partial charge on any atom is 0.241 e. The Kier molecular flexibility index (Phi) is 3.16. The molecule has 114 valence electrons. The number of hydrogen-bond acceptors (Lipinski definition) is 4. The predicted molar refractivity (Wildman–Crippen MR) is 74.9 cm³/mol. The summed E-state index contributed by atoms with van der Waals surface area (Å²) in [6.45, 7) is 5.59. The highest BCUT2D eigenvalue weighted by Crippen LogP contribution is 2.58. The van der Waals surface area contributed by atoms with Gasteiger partial charge in [-0.15, -0.1) is 0 Å². The van der Waals surface area contributed by atoms with Crippen LogP contribution in [-0.2, 0) is 9.53 Å². The summed E-state index contributed by atoms with van der Waals surface area (Å²) < 4.78 is 5.72. The number of ether oxygens (including phenoxy) is 1. The minimum atomic E-state index is -0.816. The summed E-state index contributed by atoms with van der Waals surface area (Å²) in [5.41, 5.74) is 5.49. The first-order valence-electron chi connectivity index (χ1n) is 7.67. The largest absolute Gasteiger partial charge is 0.396 e. The lowest BCUT2D eigenvalue weighted by Crippen LogP contribution is -2.80. The molecule has 0 aromatic heterocycles. The van der Waals surface area contributed by atoms with Crippen LogP contribution in [0.15, 0.2) is 0 Å². The summed E-state index contributed by atoms with van der Waals surface area (Å²) in [7, 11) is 0. The van der Waals surface area contributed by atoms with Crippen LogP contribution in [0, 0.1) is 16.7 Å². The van der Waals surface area contributed by atoms with E-state index in [1.807, 2.05) is 13.8 Å². The Labute approximate surface area is 120 Å². The Morgan fingerprint density at radius 3 is 2.75 bits per heavy atom. The summed E-state index contributed by atoms with van der Waals surface area (Å²) in [6, 6.07) is 0. The van der Waals surface area contributed by atoms with Gasteiger partial charge < -0.3 is 20.9 Å². The van der Waals surface area contributed by atoms with E-state index in [0.29, 0.717) is 13.2 Å². The fraction of sp³-hybridized carbons (Fsp3) is 0.933. The zero-order valence-electron chi connectivity index (χ0n) is 12.4. The van der Waals surface area contributed by atoms with E-state index in [1.165, 1.54) is 0 Å². The highest BCUT2D eigenvalue weighted by Gasteiger charge is 2.71. The first-order valence-corrected chi connectivity index (χ1v) is 7.67. The number of hydrogen-bond donors (Lipinski definition) is 3. The smallest absolute Gasteiger partial charge is 0.241 e. The predicted octanol–water partition coefficient (Wildman–Crippen LogP) is 0.408. The average Bonchev–Trinajstić information content (AvgIpc) is 3.01. The lowest BCUT2D eigenvalue weighted by atomic mass is 9.48. The molecule has 3 unspecified atom stereocenters. The van der Waals surface area contributed by atoms with Crippen LogP contribution in [0.5, 0.6) is 0 Å². The van der Waals surface area contributed by atoms with Crippen LogP contribution in [0.2, 0.25) is 0 Å². The SMILES string of the molecule is CC1(C)C2OCCC2C1(N)C(=O)NCC1(CCO)CC1. The second-order valence-electron chi connectivity index (χ2n) is 7.43. The van der Waals surface area contributed by atoms with Crippen molar-refractivity contribution in [2.75, 3.05) is 19.8 Å². The zero-order chi connectivity index (χ0) is 14.6. The molecule has 3 fully saturated rings. The van der Waals surface area contributed by atoms with E-state index < -0.39 is 5.54 Å². The lowest BCUT2D eigenvalue weighted by Gasteiger charge is -2.60. The highest BCUT2D eigenvalue weighted by molar-refractivity contribution is 5.89. The first-order chi connectivity index (χ1) is 9.37. The molecule has 5 heteroatoms. The minimum Gasteiger partial charge on any atom is -0.396 e. The Bertz CT molecular complexity index is 419. The second-order valence-corrected chi connectivity index (χ2v) is 7.43. The van der Waals surface area contributed by atoms with Gasteiger partial charge in [0.1, 0.15) is 5.54 Å². The van der Waals surface area contributed by atoms with Crippen molar-refractivity contribution in [2.24, 2.45) is 22.5 Å². The van der Waals surface area contributed by atoms with Gasteiger partial charge in [0, 0.05) is 31.1 Å². The molecule has 1 saturated heterocycles. The molecule has 0 bridgehead atoms. The van der Waals surface area contributed by atoms with E-state index in [-0.39, 0.29) is 35.4 Å². The van der Waals surface area contributed by atoms with Crippen molar-refractivity contribution in [3.05, 3.63) is 0 Å². The van der Waals surface area contributed by atoms with Crippen molar-refractivity contribution >= 4 is 5.91 Å². The Morgan fingerprint density at radius 1 is 1.45 bits per heavy atom. The third kappa shape index (κ3) is 1.76. The molecular weight excluding hydrogens is 256 g/mol. The van der Waals surface area contributed by atoms with Gasteiger partial charge in [-0.3, -0.25) is 4.79 Å². The van der Waals surface area contributed by atoms with Gasteiger partial charge >= 0.3 is 0 Å². The Hall–Kier alpha value is -0.650. The van der Waals surface area contributed by atoms with Crippen LogP contribution in [0.25, 0.3) is 0 Å². The summed E-state index contributed by atoms with van der Waals surface area (Å²) in [5, 5.41) is 12.1. The van der Waals surface area contributed by atoms with Crippen molar-refractivity contribution in [1.29, 1.82) is 0 Å². The lowest BCUT2D eigenvalue weighted by molar-refractivity contribution is -0.175. The van der Waals surface area contributed by atoms with Gasteiger partial charge in [-0.05, 0) is 31.1 Å². The fourth-order valence-electron chi connectivity index (χ4n) is 4.19. The number of rotatable bonds is 5. The minimum absolute atomic E-state index is 0.0431. The first kappa shape index (κ1) is 14.3. The van der Waals surface area contributed by atoms with Gasteiger partial charge in [-0.25, -0.2) is 0 Å². The second kappa shape index (κ2) is 4.42. The molecule has 4 N–H and O–H groups in total. The molecule has 0 radical (unpaired) electrons.